The van der Waals surface area contributed by atoms with E-state index in [1.54, 1.807) is 12.1 Å². The lowest BCUT2D eigenvalue weighted by Gasteiger charge is -2.13. The fourth-order valence-electron chi connectivity index (χ4n) is 3.46. The van der Waals surface area contributed by atoms with Gasteiger partial charge < -0.3 is 14.5 Å². The number of carbonyl (C=O) groups excluding carboxylic acids is 1. The average Bonchev–Trinajstić information content (AvgIpc) is 2.81. The Hall–Kier alpha value is -3.86. The Bertz CT molecular complexity index is 1230. The fourth-order valence-corrected chi connectivity index (χ4v) is 3.46. The summed E-state index contributed by atoms with van der Waals surface area (Å²) in [6, 6.07) is 26.4. The van der Waals surface area contributed by atoms with E-state index in [2.05, 4.69) is 12.2 Å². The van der Waals surface area contributed by atoms with Crippen LogP contribution in [0.25, 0.3) is 22.1 Å². The molecule has 1 amide bonds. The van der Waals surface area contributed by atoms with Gasteiger partial charge in [0.25, 0.3) is 5.91 Å². The van der Waals surface area contributed by atoms with Gasteiger partial charge in [-0.15, -0.1) is 0 Å². The van der Waals surface area contributed by atoms with E-state index in [0.717, 1.165) is 16.5 Å². The molecular formula is C26H23NO4. The van der Waals surface area contributed by atoms with E-state index in [1.807, 2.05) is 66.7 Å². The molecule has 0 spiro atoms. The summed E-state index contributed by atoms with van der Waals surface area (Å²) in [7, 11) is 0. The Balaban J connectivity index is 1.42. The van der Waals surface area contributed by atoms with Gasteiger partial charge in [-0.2, -0.15) is 0 Å². The highest BCUT2D eigenvalue weighted by atomic mass is 16.5. The van der Waals surface area contributed by atoms with Crippen molar-refractivity contribution in [3.05, 3.63) is 101 Å². The normalized spacial score (nSPS) is 11.8. The van der Waals surface area contributed by atoms with Crippen LogP contribution in [0.4, 0.5) is 0 Å². The van der Waals surface area contributed by atoms with Crippen LogP contribution in [0.15, 0.2) is 94.1 Å². The molecule has 156 valence electrons. The molecule has 1 atom stereocenters. The van der Waals surface area contributed by atoms with Crippen LogP contribution in [0.3, 0.4) is 0 Å². The molecule has 1 aromatic heterocycles. The summed E-state index contributed by atoms with van der Waals surface area (Å²) in [5.74, 6) is 0.464. The van der Waals surface area contributed by atoms with Crippen LogP contribution in [-0.4, -0.2) is 19.1 Å². The number of nitrogens with one attached hydrogen (secondary N) is 1. The van der Waals surface area contributed by atoms with E-state index in [1.165, 1.54) is 11.6 Å². The minimum absolute atomic E-state index is 0.115. The van der Waals surface area contributed by atoms with Crippen molar-refractivity contribution < 1.29 is 13.9 Å². The minimum atomic E-state index is -0.434. The van der Waals surface area contributed by atoms with Crippen LogP contribution in [0, 0.1) is 0 Å². The smallest absolute Gasteiger partial charge is 0.336 e. The lowest BCUT2D eigenvalue weighted by atomic mass is 10.0. The van der Waals surface area contributed by atoms with Crippen molar-refractivity contribution in [3.63, 3.8) is 0 Å². The second-order valence-corrected chi connectivity index (χ2v) is 7.41. The van der Waals surface area contributed by atoms with Crippen molar-refractivity contribution in [1.82, 2.24) is 5.32 Å². The third-order valence-corrected chi connectivity index (χ3v) is 5.14. The third kappa shape index (κ3) is 5.01. The lowest BCUT2D eigenvalue weighted by molar-refractivity contribution is -0.123. The summed E-state index contributed by atoms with van der Waals surface area (Å²) < 4.78 is 11.0. The lowest BCUT2D eigenvalue weighted by Crippen LogP contribution is -2.31. The van der Waals surface area contributed by atoms with Crippen LogP contribution in [-0.2, 0) is 4.79 Å². The highest BCUT2D eigenvalue weighted by Gasteiger charge is 2.11. The van der Waals surface area contributed by atoms with Gasteiger partial charge in [-0.25, -0.2) is 4.79 Å². The quantitative estimate of drug-likeness (QED) is 0.444. The number of hydrogen-bond donors (Lipinski definition) is 1. The molecule has 4 rings (SSSR count). The predicted octanol–water partition coefficient (Wildman–Crippen LogP) is 4.76. The molecule has 0 aliphatic rings. The number of carbonyl (C=O) groups is 1. The zero-order chi connectivity index (χ0) is 21.6. The number of hydrogen-bond acceptors (Lipinski definition) is 4. The summed E-state index contributed by atoms with van der Waals surface area (Å²) >= 11 is 0. The van der Waals surface area contributed by atoms with E-state index in [4.69, 9.17) is 9.15 Å². The van der Waals surface area contributed by atoms with Gasteiger partial charge in [0.15, 0.2) is 6.61 Å². The molecule has 31 heavy (non-hydrogen) atoms. The predicted molar refractivity (Wildman–Crippen MR) is 121 cm³/mol. The maximum absolute atomic E-state index is 12.2. The summed E-state index contributed by atoms with van der Waals surface area (Å²) in [4.78, 5) is 24.2. The molecule has 0 radical (unpaired) electrons. The Kier molecular flexibility index (Phi) is 6.13. The highest BCUT2D eigenvalue weighted by molar-refractivity contribution is 5.93. The van der Waals surface area contributed by atoms with Gasteiger partial charge in [0.05, 0.1) is 0 Å². The van der Waals surface area contributed by atoms with E-state index in [-0.39, 0.29) is 18.4 Å². The van der Waals surface area contributed by atoms with Crippen LogP contribution in [0.5, 0.6) is 5.75 Å². The highest BCUT2D eigenvalue weighted by Crippen LogP contribution is 2.29. The van der Waals surface area contributed by atoms with Crippen LogP contribution >= 0.6 is 0 Å². The molecule has 5 heteroatoms. The average molecular weight is 413 g/mol. The number of ether oxygens (including phenoxy) is 1. The standard InChI is InChI=1S/C26H23NO4/c1-18(19-8-4-2-5-9-19)16-27-25(28)17-30-21-12-13-22-23(20-10-6-3-7-11-20)15-26(29)31-24(22)14-21/h2-15,18H,16-17H2,1H3,(H,27,28)/t18-/m1/s1. The second-order valence-electron chi connectivity index (χ2n) is 7.41. The second kappa shape index (κ2) is 9.30. The molecular weight excluding hydrogens is 390 g/mol. The number of rotatable bonds is 7. The fraction of sp³-hybridized carbons (Fsp3) is 0.154. The van der Waals surface area contributed by atoms with Crippen LogP contribution in [0.2, 0.25) is 0 Å². The van der Waals surface area contributed by atoms with Gasteiger partial charge in [0, 0.05) is 24.1 Å². The molecule has 0 saturated heterocycles. The van der Waals surface area contributed by atoms with Crippen molar-refractivity contribution in [3.8, 4) is 16.9 Å². The molecule has 0 bridgehead atoms. The number of amides is 1. The first-order valence-electron chi connectivity index (χ1n) is 10.2. The first-order valence-corrected chi connectivity index (χ1v) is 10.2. The SMILES string of the molecule is C[C@H](CNC(=O)COc1ccc2c(-c3ccccc3)cc(=O)oc2c1)c1ccccc1. The topological polar surface area (TPSA) is 68.5 Å². The Morgan fingerprint density at radius 1 is 0.968 bits per heavy atom. The molecule has 0 unspecified atom stereocenters. The zero-order valence-electron chi connectivity index (χ0n) is 17.2. The third-order valence-electron chi connectivity index (χ3n) is 5.14. The summed E-state index contributed by atoms with van der Waals surface area (Å²) in [6.07, 6.45) is 0. The van der Waals surface area contributed by atoms with Crippen LogP contribution in [0.1, 0.15) is 18.4 Å². The van der Waals surface area contributed by atoms with Crippen LogP contribution < -0.4 is 15.7 Å². The van der Waals surface area contributed by atoms with Gasteiger partial charge in [0.2, 0.25) is 0 Å². The molecule has 0 aliphatic heterocycles. The first kappa shape index (κ1) is 20.4. The minimum Gasteiger partial charge on any atom is -0.484 e. The maximum Gasteiger partial charge on any atom is 0.336 e. The first-order chi connectivity index (χ1) is 15.1. The summed E-state index contributed by atoms with van der Waals surface area (Å²) in [6.45, 7) is 2.47. The van der Waals surface area contributed by atoms with Gasteiger partial charge in [0.1, 0.15) is 11.3 Å². The summed E-state index contributed by atoms with van der Waals surface area (Å²) in [5, 5.41) is 3.70. The largest absolute Gasteiger partial charge is 0.484 e. The molecule has 1 N–H and O–H groups in total. The van der Waals surface area contributed by atoms with Crippen molar-refractivity contribution in [1.29, 1.82) is 0 Å². The van der Waals surface area contributed by atoms with Gasteiger partial charge in [-0.1, -0.05) is 67.6 Å². The number of benzene rings is 3. The van der Waals surface area contributed by atoms with Crippen molar-refractivity contribution in [2.24, 2.45) is 0 Å². The zero-order valence-corrected chi connectivity index (χ0v) is 17.2. The monoisotopic (exact) mass is 413 g/mol. The molecule has 0 aliphatic carbocycles. The molecule has 0 saturated carbocycles. The molecule has 3 aromatic carbocycles. The van der Waals surface area contributed by atoms with E-state index >= 15 is 0 Å². The summed E-state index contributed by atoms with van der Waals surface area (Å²) in [5.41, 5.74) is 2.88. The van der Waals surface area contributed by atoms with Crippen molar-refractivity contribution in [2.75, 3.05) is 13.2 Å². The van der Waals surface area contributed by atoms with E-state index in [0.29, 0.717) is 17.9 Å². The molecule has 1 heterocycles. The molecule has 5 nitrogen and oxygen atoms in total. The van der Waals surface area contributed by atoms with E-state index < -0.39 is 5.63 Å². The maximum atomic E-state index is 12.2. The Morgan fingerprint density at radius 3 is 2.42 bits per heavy atom. The van der Waals surface area contributed by atoms with E-state index in [9.17, 15) is 9.59 Å². The van der Waals surface area contributed by atoms with Gasteiger partial charge in [-0.3, -0.25) is 4.79 Å². The van der Waals surface area contributed by atoms with Gasteiger partial charge >= 0.3 is 5.63 Å². The molecule has 0 fully saturated rings. The van der Waals surface area contributed by atoms with Crippen molar-refractivity contribution >= 4 is 16.9 Å². The molecule has 4 aromatic rings. The van der Waals surface area contributed by atoms with Gasteiger partial charge in [-0.05, 0) is 34.7 Å². The number of fused-ring (bicyclic) bond motifs is 1. The Morgan fingerprint density at radius 2 is 1.68 bits per heavy atom. The Labute approximate surface area is 180 Å². The van der Waals surface area contributed by atoms with Crippen molar-refractivity contribution in [2.45, 2.75) is 12.8 Å².